The third-order valence-corrected chi connectivity index (χ3v) is 2.40. The molecule has 0 atom stereocenters. The molecule has 1 heterocycles. The molecule has 1 aromatic carbocycles. The Morgan fingerprint density at radius 2 is 2.12 bits per heavy atom. The lowest BCUT2D eigenvalue weighted by molar-refractivity contribution is 0.0697. The van der Waals surface area contributed by atoms with Gasteiger partial charge in [-0.3, -0.25) is 0 Å². The fourth-order valence-electron chi connectivity index (χ4n) is 1.59. The zero-order chi connectivity index (χ0) is 11.7. The van der Waals surface area contributed by atoms with Crippen molar-refractivity contribution in [3.8, 4) is 5.69 Å². The van der Waals surface area contributed by atoms with E-state index in [1.165, 1.54) is 0 Å². The first-order chi connectivity index (χ1) is 7.58. The van der Waals surface area contributed by atoms with Crippen molar-refractivity contribution in [3.05, 3.63) is 47.3 Å². The summed E-state index contributed by atoms with van der Waals surface area (Å²) in [5, 5.41) is 13.0. The van der Waals surface area contributed by atoms with Crippen molar-refractivity contribution >= 4 is 5.97 Å². The Balaban J connectivity index is 2.47. The van der Waals surface area contributed by atoms with Crippen LogP contribution in [-0.4, -0.2) is 20.9 Å². The van der Waals surface area contributed by atoms with Gasteiger partial charge in [-0.25, -0.2) is 9.48 Å². The molecule has 0 aliphatic heterocycles. The van der Waals surface area contributed by atoms with E-state index < -0.39 is 5.97 Å². The smallest absolute Gasteiger partial charge is 0.335 e. The van der Waals surface area contributed by atoms with Crippen molar-refractivity contribution < 1.29 is 9.90 Å². The van der Waals surface area contributed by atoms with Crippen molar-refractivity contribution in [1.82, 2.24) is 9.78 Å². The van der Waals surface area contributed by atoms with Crippen LogP contribution in [0.15, 0.2) is 30.6 Å². The Morgan fingerprint density at radius 3 is 2.62 bits per heavy atom. The van der Waals surface area contributed by atoms with E-state index in [2.05, 4.69) is 5.10 Å². The molecule has 0 spiro atoms. The van der Waals surface area contributed by atoms with E-state index in [9.17, 15) is 4.79 Å². The van der Waals surface area contributed by atoms with Gasteiger partial charge < -0.3 is 5.11 Å². The second-order valence-corrected chi connectivity index (χ2v) is 3.77. The summed E-state index contributed by atoms with van der Waals surface area (Å²) in [5.74, 6) is -0.911. The molecule has 0 saturated heterocycles. The molecule has 82 valence electrons. The molecule has 0 aliphatic rings. The minimum atomic E-state index is -0.911. The van der Waals surface area contributed by atoms with Gasteiger partial charge in [-0.15, -0.1) is 0 Å². The summed E-state index contributed by atoms with van der Waals surface area (Å²) in [5.41, 5.74) is 3.16. The summed E-state index contributed by atoms with van der Waals surface area (Å²) in [7, 11) is 0. The Hall–Kier alpha value is -2.10. The molecule has 1 aromatic heterocycles. The average molecular weight is 216 g/mol. The number of nitrogens with zero attached hydrogens (tertiary/aromatic N) is 2. The van der Waals surface area contributed by atoms with Crippen LogP contribution in [0.3, 0.4) is 0 Å². The Labute approximate surface area is 93.1 Å². The molecule has 16 heavy (non-hydrogen) atoms. The molecule has 2 rings (SSSR count). The summed E-state index contributed by atoms with van der Waals surface area (Å²) in [6.45, 7) is 3.84. The highest BCUT2D eigenvalue weighted by Crippen LogP contribution is 2.15. The van der Waals surface area contributed by atoms with Gasteiger partial charge in [-0.05, 0) is 43.2 Å². The molecule has 4 nitrogen and oxygen atoms in total. The number of aromatic carboxylic acids is 1. The van der Waals surface area contributed by atoms with Gasteiger partial charge in [0.2, 0.25) is 0 Å². The quantitative estimate of drug-likeness (QED) is 0.837. The van der Waals surface area contributed by atoms with Crippen molar-refractivity contribution in [2.24, 2.45) is 0 Å². The van der Waals surface area contributed by atoms with Crippen LogP contribution in [-0.2, 0) is 0 Å². The number of carboxylic acid groups (broad SMARTS) is 1. The predicted molar refractivity (Wildman–Crippen MR) is 60.0 cm³/mol. The number of benzene rings is 1. The van der Waals surface area contributed by atoms with Crippen LogP contribution in [0.25, 0.3) is 5.69 Å². The summed E-state index contributed by atoms with van der Waals surface area (Å²) >= 11 is 0. The van der Waals surface area contributed by atoms with E-state index in [1.54, 1.807) is 29.1 Å². The van der Waals surface area contributed by atoms with Gasteiger partial charge in [0.1, 0.15) is 0 Å². The van der Waals surface area contributed by atoms with Crippen LogP contribution in [0.1, 0.15) is 21.5 Å². The highest BCUT2D eigenvalue weighted by Gasteiger charge is 2.07. The summed E-state index contributed by atoms with van der Waals surface area (Å²) in [4.78, 5) is 10.8. The van der Waals surface area contributed by atoms with E-state index in [1.807, 2.05) is 20.0 Å². The maximum atomic E-state index is 10.8. The number of rotatable bonds is 2. The van der Waals surface area contributed by atoms with E-state index in [0.29, 0.717) is 5.56 Å². The van der Waals surface area contributed by atoms with Crippen molar-refractivity contribution in [2.45, 2.75) is 13.8 Å². The summed E-state index contributed by atoms with van der Waals surface area (Å²) < 4.78 is 1.75. The molecular formula is C12H12N2O2. The predicted octanol–water partition coefficient (Wildman–Crippen LogP) is 2.19. The third kappa shape index (κ3) is 1.82. The minimum Gasteiger partial charge on any atom is -0.478 e. The number of aromatic nitrogens is 2. The van der Waals surface area contributed by atoms with E-state index in [0.717, 1.165) is 16.8 Å². The van der Waals surface area contributed by atoms with Crippen LogP contribution in [0.5, 0.6) is 0 Å². The zero-order valence-corrected chi connectivity index (χ0v) is 9.14. The average Bonchev–Trinajstić information content (AvgIpc) is 2.64. The van der Waals surface area contributed by atoms with Crippen molar-refractivity contribution in [1.29, 1.82) is 0 Å². The van der Waals surface area contributed by atoms with Crippen molar-refractivity contribution in [3.63, 3.8) is 0 Å². The fraction of sp³-hybridized carbons (Fsp3) is 0.167. The monoisotopic (exact) mass is 216 g/mol. The first kappa shape index (κ1) is 10.4. The van der Waals surface area contributed by atoms with Crippen LogP contribution < -0.4 is 0 Å². The summed E-state index contributed by atoms with van der Waals surface area (Å²) in [6, 6.07) is 5.00. The zero-order valence-electron chi connectivity index (χ0n) is 9.14. The molecule has 0 amide bonds. The van der Waals surface area contributed by atoms with Crippen LogP contribution in [0.2, 0.25) is 0 Å². The molecule has 1 N–H and O–H groups in total. The lowest BCUT2D eigenvalue weighted by atomic mass is 10.1. The second kappa shape index (κ2) is 3.81. The third-order valence-electron chi connectivity index (χ3n) is 2.40. The maximum absolute atomic E-state index is 10.8. The molecule has 0 unspecified atom stereocenters. The number of hydrogen-bond donors (Lipinski definition) is 1. The van der Waals surface area contributed by atoms with E-state index >= 15 is 0 Å². The molecular weight excluding hydrogens is 204 g/mol. The standard InChI is InChI=1S/C12H12N2O2/c1-8-6-13-14(7-8)11-4-3-10(12(15)16)5-9(11)2/h3-7H,1-2H3,(H,15,16). The van der Waals surface area contributed by atoms with E-state index in [-0.39, 0.29) is 0 Å². The van der Waals surface area contributed by atoms with Gasteiger partial charge in [0.05, 0.1) is 17.4 Å². The van der Waals surface area contributed by atoms with Gasteiger partial charge in [-0.1, -0.05) is 0 Å². The lowest BCUT2D eigenvalue weighted by Crippen LogP contribution is -2.01. The lowest BCUT2D eigenvalue weighted by Gasteiger charge is -2.06. The molecule has 0 fully saturated rings. The minimum absolute atomic E-state index is 0.296. The van der Waals surface area contributed by atoms with Gasteiger partial charge in [0.15, 0.2) is 0 Å². The molecule has 0 bridgehead atoms. The number of carboxylic acids is 1. The maximum Gasteiger partial charge on any atom is 0.335 e. The van der Waals surface area contributed by atoms with Crippen LogP contribution in [0.4, 0.5) is 0 Å². The molecule has 0 aliphatic carbocycles. The first-order valence-corrected chi connectivity index (χ1v) is 4.93. The molecule has 4 heteroatoms. The second-order valence-electron chi connectivity index (χ2n) is 3.77. The topological polar surface area (TPSA) is 55.1 Å². The van der Waals surface area contributed by atoms with E-state index in [4.69, 9.17) is 5.11 Å². The highest BCUT2D eigenvalue weighted by atomic mass is 16.4. The highest BCUT2D eigenvalue weighted by molar-refractivity contribution is 5.88. The summed E-state index contributed by atoms with van der Waals surface area (Å²) in [6.07, 6.45) is 3.67. The number of hydrogen-bond acceptors (Lipinski definition) is 2. The molecule has 0 radical (unpaired) electrons. The fourth-order valence-corrected chi connectivity index (χ4v) is 1.59. The Kier molecular flexibility index (Phi) is 2.48. The van der Waals surface area contributed by atoms with Crippen LogP contribution in [0, 0.1) is 13.8 Å². The van der Waals surface area contributed by atoms with Gasteiger partial charge >= 0.3 is 5.97 Å². The normalized spacial score (nSPS) is 10.4. The van der Waals surface area contributed by atoms with Crippen molar-refractivity contribution in [2.75, 3.05) is 0 Å². The van der Waals surface area contributed by atoms with Gasteiger partial charge in [0.25, 0.3) is 0 Å². The van der Waals surface area contributed by atoms with Gasteiger partial charge in [-0.2, -0.15) is 5.10 Å². The SMILES string of the molecule is Cc1cnn(-c2ccc(C(=O)O)cc2C)c1. The largest absolute Gasteiger partial charge is 0.478 e. The molecule has 0 saturated carbocycles. The number of aryl methyl sites for hydroxylation is 2. The van der Waals surface area contributed by atoms with Gasteiger partial charge in [0, 0.05) is 6.20 Å². The van der Waals surface area contributed by atoms with Crippen LogP contribution >= 0.6 is 0 Å². The Bertz CT molecular complexity index is 544. The number of carbonyl (C=O) groups is 1. The Morgan fingerprint density at radius 1 is 1.38 bits per heavy atom. The first-order valence-electron chi connectivity index (χ1n) is 4.93. The molecule has 2 aromatic rings.